The number of anilines is 1. The number of rotatable bonds is 4. The molecule has 1 aromatic heterocycles. The molecule has 0 atom stereocenters. The van der Waals surface area contributed by atoms with Crippen LogP contribution in [0.3, 0.4) is 0 Å². The molecule has 0 bridgehead atoms. The standard InChI is InChI=1S/C18H18N4O/c1-2-10-20-16-14(12-19)15-9-6-11-22(15)17(16)18(23)21-13-7-4-3-5-8-13/h3-5,7-8,10H,2,6,9,11H2,1H3,(H,21,23). The van der Waals surface area contributed by atoms with Crippen LogP contribution in [0.1, 0.15) is 41.5 Å². The maximum atomic E-state index is 12.8. The molecule has 0 unspecified atom stereocenters. The van der Waals surface area contributed by atoms with E-state index in [4.69, 9.17) is 0 Å². The second kappa shape index (κ2) is 6.49. The van der Waals surface area contributed by atoms with Gasteiger partial charge in [0.15, 0.2) is 0 Å². The molecule has 5 heteroatoms. The lowest BCUT2D eigenvalue weighted by atomic mass is 10.1. The summed E-state index contributed by atoms with van der Waals surface area (Å²) in [6.45, 7) is 2.73. The number of aliphatic imine (C=N–C) groups is 1. The molecule has 0 saturated heterocycles. The molecule has 1 N–H and O–H groups in total. The van der Waals surface area contributed by atoms with Crippen LogP contribution in [0.25, 0.3) is 0 Å². The molecule has 0 radical (unpaired) electrons. The number of nitrogens with one attached hydrogen (secondary N) is 1. The van der Waals surface area contributed by atoms with E-state index in [1.807, 2.05) is 41.8 Å². The highest BCUT2D eigenvalue weighted by Gasteiger charge is 2.29. The highest BCUT2D eigenvalue weighted by molar-refractivity contribution is 6.08. The number of aromatic nitrogens is 1. The molecule has 3 rings (SSSR count). The number of hydrogen-bond donors (Lipinski definition) is 1. The van der Waals surface area contributed by atoms with E-state index in [-0.39, 0.29) is 5.91 Å². The molecule has 5 nitrogen and oxygen atoms in total. The lowest BCUT2D eigenvalue weighted by Gasteiger charge is -2.08. The molecule has 0 fully saturated rings. The smallest absolute Gasteiger partial charge is 0.274 e. The molecule has 0 saturated carbocycles. The van der Waals surface area contributed by atoms with Crippen LogP contribution in [0.4, 0.5) is 11.4 Å². The molecule has 1 aliphatic heterocycles. The summed E-state index contributed by atoms with van der Waals surface area (Å²) in [5.41, 5.74) is 3.18. The normalized spacial score (nSPS) is 13.0. The van der Waals surface area contributed by atoms with E-state index in [1.54, 1.807) is 6.21 Å². The van der Waals surface area contributed by atoms with E-state index in [1.165, 1.54) is 0 Å². The van der Waals surface area contributed by atoms with Gasteiger partial charge >= 0.3 is 0 Å². The van der Waals surface area contributed by atoms with Crippen molar-refractivity contribution in [2.45, 2.75) is 32.7 Å². The first kappa shape index (κ1) is 15.0. The van der Waals surface area contributed by atoms with E-state index in [0.717, 1.165) is 37.2 Å². The molecule has 2 heterocycles. The number of para-hydroxylation sites is 1. The van der Waals surface area contributed by atoms with Gasteiger partial charge in [0.1, 0.15) is 17.5 Å². The van der Waals surface area contributed by atoms with E-state index < -0.39 is 0 Å². The molecule has 23 heavy (non-hydrogen) atoms. The molecule has 0 spiro atoms. The molecular weight excluding hydrogens is 288 g/mol. The summed E-state index contributed by atoms with van der Waals surface area (Å²) >= 11 is 0. The monoisotopic (exact) mass is 306 g/mol. The topological polar surface area (TPSA) is 70.2 Å². The Morgan fingerprint density at radius 2 is 2.22 bits per heavy atom. The van der Waals surface area contributed by atoms with Crippen molar-refractivity contribution >= 4 is 23.5 Å². The van der Waals surface area contributed by atoms with Crippen LogP contribution in [0.15, 0.2) is 35.3 Å². The van der Waals surface area contributed by atoms with Crippen LogP contribution in [0, 0.1) is 11.3 Å². The summed E-state index contributed by atoms with van der Waals surface area (Å²) in [6.07, 6.45) is 4.26. The number of hydrogen-bond acceptors (Lipinski definition) is 3. The molecule has 1 amide bonds. The third kappa shape index (κ3) is 2.76. The Balaban J connectivity index is 2.05. The Morgan fingerprint density at radius 1 is 1.43 bits per heavy atom. The SMILES string of the molecule is CCC=Nc1c(C#N)c2n(c1C(=O)Nc1ccccc1)CCC2. The lowest BCUT2D eigenvalue weighted by Crippen LogP contribution is -2.16. The second-order valence-corrected chi connectivity index (χ2v) is 5.43. The minimum atomic E-state index is -0.218. The summed E-state index contributed by atoms with van der Waals surface area (Å²) in [5, 5.41) is 12.4. The summed E-state index contributed by atoms with van der Waals surface area (Å²) in [7, 11) is 0. The Labute approximate surface area is 135 Å². The minimum absolute atomic E-state index is 0.218. The van der Waals surface area contributed by atoms with Crippen molar-refractivity contribution in [3.8, 4) is 6.07 Å². The van der Waals surface area contributed by atoms with Crippen molar-refractivity contribution in [3.63, 3.8) is 0 Å². The van der Waals surface area contributed by atoms with Crippen molar-refractivity contribution in [1.29, 1.82) is 5.26 Å². The predicted molar refractivity (Wildman–Crippen MR) is 90.3 cm³/mol. The highest BCUT2D eigenvalue weighted by atomic mass is 16.2. The average Bonchev–Trinajstić information content (AvgIpc) is 3.13. The molecule has 1 aliphatic rings. The first-order valence-corrected chi connectivity index (χ1v) is 7.80. The van der Waals surface area contributed by atoms with Gasteiger partial charge in [-0.1, -0.05) is 25.1 Å². The highest BCUT2D eigenvalue weighted by Crippen LogP contribution is 2.35. The number of carbonyl (C=O) groups is 1. The number of fused-ring (bicyclic) bond motifs is 1. The molecular formula is C18H18N4O. The van der Waals surface area contributed by atoms with Gasteiger partial charge in [0.2, 0.25) is 0 Å². The maximum Gasteiger partial charge on any atom is 0.274 e. The van der Waals surface area contributed by atoms with E-state index >= 15 is 0 Å². The van der Waals surface area contributed by atoms with Gasteiger partial charge < -0.3 is 9.88 Å². The van der Waals surface area contributed by atoms with E-state index in [9.17, 15) is 10.1 Å². The zero-order valence-corrected chi connectivity index (χ0v) is 13.0. The van der Waals surface area contributed by atoms with Crippen molar-refractivity contribution in [3.05, 3.63) is 47.3 Å². The van der Waals surface area contributed by atoms with Crippen molar-refractivity contribution in [2.24, 2.45) is 4.99 Å². The first-order chi connectivity index (χ1) is 11.3. The van der Waals surface area contributed by atoms with Gasteiger partial charge in [-0.2, -0.15) is 5.26 Å². The summed E-state index contributed by atoms with van der Waals surface area (Å²) < 4.78 is 1.94. The first-order valence-electron chi connectivity index (χ1n) is 7.80. The van der Waals surface area contributed by atoms with E-state index in [0.29, 0.717) is 16.9 Å². The van der Waals surface area contributed by atoms with E-state index in [2.05, 4.69) is 16.4 Å². The fourth-order valence-corrected chi connectivity index (χ4v) is 2.93. The van der Waals surface area contributed by atoms with Crippen molar-refractivity contribution in [1.82, 2.24) is 4.57 Å². The van der Waals surface area contributed by atoms with Gasteiger partial charge in [0.05, 0.1) is 5.56 Å². The summed E-state index contributed by atoms with van der Waals surface area (Å²) in [5.74, 6) is -0.218. The third-order valence-electron chi connectivity index (χ3n) is 3.90. The minimum Gasteiger partial charge on any atom is -0.337 e. The zero-order valence-electron chi connectivity index (χ0n) is 13.0. The van der Waals surface area contributed by atoms with Gasteiger partial charge in [0.25, 0.3) is 5.91 Å². The number of amides is 1. The second-order valence-electron chi connectivity index (χ2n) is 5.43. The summed E-state index contributed by atoms with van der Waals surface area (Å²) in [4.78, 5) is 17.2. The zero-order chi connectivity index (χ0) is 16.2. The van der Waals surface area contributed by atoms with Crippen LogP contribution in [0.2, 0.25) is 0 Å². The molecule has 116 valence electrons. The number of nitriles is 1. The Bertz CT molecular complexity index is 797. The fraction of sp³-hybridized carbons (Fsp3) is 0.278. The lowest BCUT2D eigenvalue weighted by molar-refractivity contribution is 0.101. The van der Waals surface area contributed by atoms with Crippen LogP contribution < -0.4 is 5.32 Å². The maximum absolute atomic E-state index is 12.8. The number of nitrogens with zero attached hydrogens (tertiary/aromatic N) is 3. The number of benzene rings is 1. The van der Waals surface area contributed by atoms with Gasteiger partial charge in [-0.3, -0.25) is 9.79 Å². The molecule has 1 aromatic carbocycles. The largest absolute Gasteiger partial charge is 0.337 e. The predicted octanol–water partition coefficient (Wildman–Crippen LogP) is 3.67. The van der Waals surface area contributed by atoms with Crippen LogP contribution >= 0.6 is 0 Å². The summed E-state index contributed by atoms with van der Waals surface area (Å²) in [6, 6.07) is 11.5. The van der Waals surface area contributed by atoms with Crippen LogP contribution in [-0.4, -0.2) is 16.7 Å². The van der Waals surface area contributed by atoms with Crippen molar-refractivity contribution in [2.75, 3.05) is 5.32 Å². The Hall–Kier alpha value is -2.87. The van der Waals surface area contributed by atoms with Gasteiger partial charge in [-0.25, -0.2) is 0 Å². The van der Waals surface area contributed by atoms with Gasteiger partial charge in [-0.05, 0) is 31.4 Å². The van der Waals surface area contributed by atoms with Gasteiger partial charge in [0, 0.05) is 24.1 Å². The van der Waals surface area contributed by atoms with Crippen LogP contribution in [0.5, 0.6) is 0 Å². The molecule has 2 aromatic rings. The quantitative estimate of drug-likeness (QED) is 0.875. The average molecular weight is 306 g/mol. The number of carbonyl (C=O) groups excluding carboxylic acids is 1. The Kier molecular flexibility index (Phi) is 4.24. The third-order valence-corrected chi connectivity index (χ3v) is 3.90. The van der Waals surface area contributed by atoms with Gasteiger partial charge in [-0.15, -0.1) is 0 Å². The fourth-order valence-electron chi connectivity index (χ4n) is 2.93. The van der Waals surface area contributed by atoms with Crippen molar-refractivity contribution < 1.29 is 4.79 Å². The van der Waals surface area contributed by atoms with Crippen LogP contribution in [-0.2, 0) is 13.0 Å². The molecule has 0 aliphatic carbocycles. The Morgan fingerprint density at radius 3 is 2.91 bits per heavy atom.